The standard InChI is InChI=1S/C16H24N4O4/c1-16(2,3)24-15(21)18(4)13-6-5-9-19(11-13)14-8-7-12(10-17-14)20(22)23/h7-8,10,13H,5-6,9,11H2,1-4H3/t13-/m0/s1. The molecule has 0 aliphatic carbocycles. The van der Waals surface area contributed by atoms with E-state index in [1.165, 1.54) is 12.3 Å². The molecule has 1 saturated heterocycles. The van der Waals surface area contributed by atoms with Crippen LogP contribution in [0.3, 0.4) is 0 Å². The van der Waals surface area contributed by atoms with Crippen LogP contribution in [0.25, 0.3) is 0 Å². The summed E-state index contributed by atoms with van der Waals surface area (Å²) in [6.07, 6.45) is 2.72. The zero-order valence-electron chi connectivity index (χ0n) is 14.6. The number of aromatic nitrogens is 1. The highest BCUT2D eigenvalue weighted by Gasteiger charge is 2.29. The molecule has 1 aromatic heterocycles. The molecule has 8 nitrogen and oxygen atoms in total. The number of likely N-dealkylation sites (N-methyl/N-ethyl adjacent to an activating group) is 1. The van der Waals surface area contributed by atoms with Gasteiger partial charge in [0.05, 0.1) is 11.0 Å². The fraction of sp³-hybridized carbons (Fsp3) is 0.625. The molecule has 1 fully saturated rings. The first-order valence-electron chi connectivity index (χ1n) is 7.98. The van der Waals surface area contributed by atoms with Crippen molar-refractivity contribution in [3.8, 4) is 0 Å². The van der Waals surface area contributed by atoms with Crippen LogP contribution in [0.15, 0.2) is 18.3 Å². The van der Waals surface area contributed by atoms with Crippen LogP contribution in [0.5, 0.6) is 0 Å². The highest BCUT2D eigenvalue weighted by molar-refractivity contribution is 5.68. The lowest BCUT2D eigenvalue weighted by atomic mass is 10.0. The molecule has 1 atom stereocenters. The van der Waals surface area contributed by atoms with E-state index in [9.17, 15) is 14.9 Å². The molecule has 0 N–H and O–H groups in total. The van der Waals surface area contributed by atoms with E-state index in [2.05, 4.69) is 4.98 Å². The number of carbonyl (C=O) groups is 1. The molecule has 0 saturated carbocycles. The second-order valence-corrected chi connectivity index (χ2v) is 6.97. The van der Waals surface area contributed by atoms with Crippen molar-refractivity contribution < 1.29 is 14.5 Å². The molecule has 1 amide bonds. The van der Waals surface area contributed by atoms with Gasteiger partial charge in [-0.3, -0.25) is 10.1 Å². The molecule has 1 aliphatic rings. The Kier molecular flexibility index (Phi) is 5.26. The number of hydrogen-bond donors (Lipinski definition) is 0. The van der Waals surface area contributed by atoms with Gasteiger partial charge in [0.2, 0.25) is 0 Å². The lowest BCUT2D eigenvalue weighted by Crippen LogP contribution is -2.50. The Balaban J connectivity index is 2.03. The van der Waals surface area contributed by atoms with Gasteiger partial charge in [0.15, 0.2) is 0 Å². The molecule has 0 spiro atoms. The van der Waals surface area contributed by atoms with E-state index in [4.69, 9.17) is 4.74 Å². The number of nitrogens with zero attached hydrogens (tertiary/aromatic N) is 4. The molecular weight excluding hydrogens is 312 g/mol. The van der Waals surface area contributed by atoms with Crippen LogP contribution >= 0.6 is 0 Å². The zero-order chi connectivity index (χ0) is 17.9. The Bertz CT molecular complexity index is 597. The summed E-state index contributed by atoms with van der Waals surface area (Å²) in [5, 5.41) is 10.7. The highest BCUT2D eigenvalue weighted by atomic mass is 16.6. The molecule has 0 unspecified atom stereocenters. The van der Waals surface area contributed by atoms with E-state index in [0.29, 0.717) is 12.4 Å². The molecule has 0 bridgehead atoms. The Labute approximate surface area is 141 Å². The summed E-state index contributed by atoms with van der Waals surface area (Å²) in [6, 6.07) is 3.11. The minimum absolute atomic E-state index is 0.0191. The molecule has 8 heteroatoms. The molecule has 132 valence electrons. The van der Waals surface area contributed by atoms with Gasteiger partial charge >= 0.3 is 6.09 Å². The maximum Gasteiger partial charge on any atom is 0.410 e. The van der Waals surface area contributed by atoms with E-state index < -0.39 is 10.5 Å². The summed E-state index contributed by atoms with van der Waals surface area (Å²) < 4.78 is 5.41. The van der Waals surface area contributed by atoms with Crippen LogP contribution in [-0.4, -0.2) is 52.7 Å². The molecule has 2 heterocycles. The van der Waals surface area contributed by atoms with Crippen LogP contribution in [0.2, 0.25) is 0 Å². The number of pyridine rings is 1. The zero-order valence-corrected chi connectivity index (χ0v) is 14.6. The fourth-order valence-corrected chi connectivity index (χ4v) is 2.64. The molecular formula is C16H24N4O4. The highest BCUT2D eigenvalue weighted by Crippen LogP contribution is 2.23. The lowest BCUT2D eigenvalue weighted by Gasteiger charge is -2.38. The summed E-state index contributed by atoms with van der Waals surface area (Å²) >= 11 is 0. The monoisotopic (exact) mass is 336 g/mol. The summed E-state index contributed by atoms with van der Waals surface area (Å²) in [6.45, 7) is 6.95. The molecule has 1 aliphatic heterocycles. The summed E-state index contributed by atoms with van der Waals surface area (Å²) in [4.78, 5) is 30.3. The summed E-state index contributed by atoms with van der Waals surface area (Å²) in [5.74, 6) is 0.683. The summed E-state index contributed by atoms with van der Waals surface area (Å²) in [7, 11) is 1.74. The predicted molar refractivity (Wildman–Crippen MR) is 90.1 cm³/mol. The SMILES string of the molecule is CN(C(=O)OC(C)(C)C)[C@H]1CCCN(c2ccc([N+](=O)[O-])cn2)C1. The number of carbonyl (C=O) groups excluding carboxylic acids is 1. The van der Waals surface area contributed by atoms with E-state index in [-0.39, 0.29) is 17.8 Å². The van der Waals surface area contributed by atoms with Gasteiger partial charge in [-0.25, -0.2) is 9.78 Å². The quantitative estimate of drug-likeness (QED) is 0.623. The van der Waals surface area contributed by atoms with Gasteiger partial charge in [0.1, 0.15) is 17.6 Å². The first-order valence-corrected chi connectivity index (χ1v) is 7.98. The van der Waals surface area contributed by atoms with Crippen LogP contribution in [0, 0.1) is 10.1 Å². The molecule has 24 heavy (non-hydrogen) atoms. The second kappa shape index (κ2) is 7.02. The Morgan fingerprint density at radius 2 is 2.17 bits per heavy atom. The van der Waals surface area contributed by atoms with E-state index in [0.717, 1.165) is 19.4 Å². The van der Waals surface area contributed by atoms with Gasteiger partial charge in [-0.1, -0.05) is 0 Å². The van der Waals surface area contributed by atoms with Gasteiger partial charge in [-0.05, 0) is 39.7 Å². The van der Waals surface area contributed by atoms with E-state index in [1.807, 2.05) is 25.7 Å². The second-order valence-electron chi connectivity index (χ2n) is 6.97. The number of rotatable bonds is 3. The number of anilines is 1. The number of piperidine rings is 1. The fourth-order valence-electron chi connectivity index (χ4n) is 2.64. The van der Waals surface area contributed by atoms with Crippen molar-refractivity contribution in [2.75, 3.05) is 25.0 Å². The normalized spacial score (nSPS) is 18.2. The van der Waals surface area contributed by atoms with Crippen molar-refractivity contribution in [2.45, 2.75) is 45.3 Å². The van der Waals surface area contributed by atoms with Crippen molar-refractivity contribution >= 4 is 17.6 Å². The lowest BCUT2D eigenvalue weighted by molar-refractivity contribution is -0.385. The minimum atomic E-state index is -0.528. The third kappa shape index (κ3) is 4.56. The average molecular weight is 336 g/mol. The van der Waals surface area contributed by atoms with E-state index >= 15 is 0 Å². The van der Waals surface area contributed by atoms with Crippen LogP contribution in [0.1, 0.15) is 33.6 Å². The van der Waals surface area contributed by atoms with Crippen LogP contribution < -0.4 is 4.90 Å². The van der Waals surface area contributed by atoms with Crippen molar-refractivity contribution in [3.05, 3.63) is 28.4 Å². The average Bonchev–Trinajstić information content (AvgIpc) is 2.52. The van der Waals surface area contributed by atoms with Crippen LogP contribution in [-0.2, 0) is 4.74 Å². The molecule has 1 aromatic rings. The van der Waals surface area contributed by atoms with Gasteiger partial charge in [-0.2, -0.15) is 0 Å². The van der Waals surface area contributed by atoms with Crippen LogP contribution in [0.4, 0.5) is 16.3 Å². The number of amides is 1. The molecule has 0 radical (unpaired) electrons. The summed E-state index contributed by atoms with van der Waals surface area (Å²) in [5.41, 5.74) is -0.558. The Morgan fingerprint density at radius 1 is 1.46 bits per heavy atom. The largest absolute Gasteiger partial charge is 0.444 e. The molecule has 2 rings (SSSR count). The van der Waals surface area contributed by atoms with Crippen molar-refractivity contribution in [1.29, 1.82) is 0 Å². The number of hydrogen-bond acceptors (Lipinski definition) is 6. The third-order valence-corrected chi connectivity index (χ3v) is 3.89. The number of ether oxygens (including phenoxy) is 1. The van der Waals surface area contributed by atoms with Gasteiger partial charge in [-0.15, -0.1) is 0 Å². The van der Waals surface area contributed by atoms with E-state index in [1.54, 1.807) is 18.0 Å². The van der Waals surface area contributed by atoms with Gasteiger partial charge in [0, 0.05) is 26.2 Å². The Hall–Kier alpha value is -2.38. The Morgan fingerprint density at radius 3 is 2.71 bits per heavy atom. The topological polar surface area (TPSA) is 88.8 Å². The maximum absolute atomic E-state index is 12.2. The molecule has 0 aromatic carbocycles. The first kappa shape index (κ1) is 18.0. The van der Waals surface area contributed by atoms with Crippen molar-refractivity contribution in [2.24, 2.45) is 0 Å². The minimum Gasteiger partial charge on any atom is -0.444 e. The predicted octanol–water partition coefficient (Wildman–Crippen LogP) is 2.83. The van der Waals surface area contributed by atoms with Crippen molar-refractivity contribution in [3.63, 3.8) is 0 Å². The smallest absolute Gasteiger partial charge is 0.410 e. The van der Waals surface area contributed by atoms with Gasteiger partial charge in [0.25, 0.3) is 5.69 Å². The maximum atomic E-state index is 12.2. The third-order valence-electron chi connectivity index (χ3n) is 3.89. The first-order chi connectivity index (χ1) is 11.2. The number of nitro groups is 1. The van der Waals surface area contributed by atoms with Crippen molar-refractivity contribution in [1.82, 2.24) is 9.88 Å². The van der Waals surface area contributed by atoms with Gasteiger partial charge < -0.3 is 14.5 Å².